The molecule has 6 atom stereocenters. The van der Waals surface area contributed by atoms with Gasteiger partial charge in [-0.1, -0.05) is 15.5 Å². The van der Waals surface area contributed by atoms with E-state index in [0.29, 0.717) is 26.2 Å². The van der Waals surface area contributed by atoms with Crippen LogP contribution < -0.4 is 38.7 Å². The van der Waals surface area contributed by atoms with E-state index < -0.39 is 11.9 Å². The van der Waals surface area contributed by atoms with Gasteiger partial charge in [0.05, 0.1) is 44.6 Å². The van der Waals surface area contributed by atoms with Crippen LogP contribution in [-0.2, 0) is 24.4 Å². The van der Waals surface area contributed by atoms with Crippen LogP contribution >= 0.6 is 0 Å². The van der Waals surface area contributed by atoms with Gasteiger partial charge >= 0.3 is 24.8 Å². The predicted molar refractivity (Wildman–Crippen MR) is 223 cm³/mol. The Labute approximate surface area is 381 Å². The molecule has 0 radical (unpaired) electrons. The van der Waals surface area contributed by atoms with Crippen LogP contribution in [0.5, 0.6) is 0 Å². The molecule has 0 aromatic carbocycles. The predicted octanol–water partition coefficient (Wildman–Crippen LogP) is -0.643. The number of ether oxygens (including phenoxy) is 1. The summed E-state index contributed by atoms with van der Waals surface area (Å²) in [4.78, 5) is 58.8. The molecule has 11 rings (SSSR count). The molecule has 64 heavy (non-hydrogen) atoms. The van der Waals surface area contributed by atoms with E-state index in [4.69, 9.17) is 10.3 Å². The van der Waals surface area contributed by atoms with E-state index in [1.54, 1.807) is 30.2 Å². The van der Waals surface area contributed by atoms with E-state index in [1.165, 1.54) is 30.1 Å². The van der Waals surface area contributed by atoms with E-state index >= 15 is 0 Å². The normalized spacial score (nSPS) is 22.7. The van der Waals surface area contributed by atoms with Crippen LogP contribution in [0.2, 0.25) is 0 Å². The van der Waals surface area contributed by atoms with E-state index in [9.17, 15) is 14.7 Å². The van der Waals surface area contributed by atoms with Gasteiger partial charge in [0.1, 0.15) is 5.69 Å². The van der Waals surface area contributed by atoms with Crippen LogP contribution in [-0.4, -0.2) is 118 Å². The second-order valence-electron chi connectivity index (χ2n) is 17.3. The van der Waals surface area contributed by atoms with Gasteiger partial charge in [0.2, 0.25) is 17.8 Å². The Morgan fingerprint density at radius 2 is 1.08 bits per heavy atom. The first-order valence-electron chi connectivity index (χ1n) is 21.4. The third-order valence-electron chi connectivity index (χ3n) is 12.7. The van der Waals surface area contributed by atoms with Crippen LogP contribution in [0.3, 0.4) is 0 Å². The molecule has 5 aromatic heterocycles. The Morgan fingerprint density at radius 3 is 1.44 bits per heavy atom. The number of carboxylic acids is 1. The third kappa shape index (κ3) is 10.2. The van der Waals surface area contributed by atoms with Crippen LogP contribution in [0.15, 0.2) is 36.1 Å². The number of piperidine rings is 3. The molecule has 3 aliphatic heterocycles. The van der Waals surface area contributed by atoms with Gasteiger partial charge in [-0.25, -0.2) is 44.1 Å². The number of aromatic nitrogens is 12. The number of anilines is 3. The Hall–Kier alpha value is -6.23. The van der Waals surface area contributed by atoms with Crippen molar-refractivity contribution in [3.05, 3.63) is 86.6 Å². The molecule has 0 N–H and O–H groups in total. The molecule has 0 spiro atoms. The summed E-state index contributed by atoms with van der Waals surface area (Å²) in [6.07, 6.45) is 12.4. The van der Waals surface area contributed by atoms with Gasteiger partial charge in [-0.15, -0.1) is 10.2 Å². The SMILES string of the molecule is CCOC(=O)c1cn(Cc2cnc(N3CC4CC4C3)nc2C)nn1.Cc1nc(N2CC3CC3C2)ncc1CN=[N+]=[N-].Cc1nc(N2CC3CC3C2)ncc1Cn1cc(C(=O)[O-])nn1.[Li+]. The molecular formula is C41H49LiN18O4. The number of aryl methyl sites for hydroxylation is 3. The van der Waals surface area contributed by atoms with Crippen molar-refractivity contribution in [2.75, 3.05) is 60.6 Å². The molecule has 0 bridgehead atoms. The molecular weight excluding hydrogens is 816 g/mol. The Morgan fingerprint density at radius 1 is 0.688 bits per heavy atom. The first-order valence-corrected chi connectivity index (χ1v) is 21.4. The Kier molecular flexibility index (Phi) is 13.1. The quantitative estimate of drug-likeness (QED) is 0.0496. The molecule has 3 saturated heterocycles. The minimum atomic E-state index is -1.33. The second kappa shape index (κ2) is 18.9. The van der Waals surface area contributed by atoms with Gasteiger partial charge in [-0.05, 0) is 93.6 Å². The maximum absolute atomic E-state index is 11.6. The monoisotopic (exact) mass is 864 g/mol. The number of esters is 1. The zero-order valence-electron chi connectivity index (χ0n) is 36.7. The van der Waals surface area contributed by atoms with E-state index in [0.717, 1.165) is 126 Å². The number of hydrogen-bond acceptors (Lipinski definition) is 18. The van der Waals surface area contributed by atoms with Gasteiger partial charge in [-0.2, -0.15) is 0 Å². The minimum absolute atomic E-state index is 0. The summed E-state index contributed by atoms with van der Waals surface area (Å²) in [7, 11) is 0. The Bertz CT molecular complexity index is 2530. The summed E-state index contributed by atoms with van der Waals surface area (Å²) in [6, 6.07) is 0. The number of rotatable bonds is 12. The maximum Gasteiger partial charge on any atom is 1.00 e. The largest absolute Gasteiger partial charge is 1.00 e. The number of carbonyl (C=O) groups excluding carboxylic acids is 2. The fraction of sp³-hybridized carbons (Fsp3) is 0.561. The number of aromatic carboxylic acids is 1. The van der Waals surface area contributed by atoms with Crippen molar-refractivity contribution < 1.29 is 38.3 Å². The topological polar surface area (TPSA) is 264 Å². The number of nitrogens with zero attached hydrogens (tertiary/aromatic N) is 18. The average Bonchev–Trinajstić information content (AvgIpc) is 4.04. The molecule has 3 aliphatic carbocycles. The van der Waals surface area contributed by atoms with Crippen LogP contribution in [0.1, 0.15) is 80.9 Å². The summed E-state index contributed by atoms with van der Waals surface area (Å²) >= 11 is 0. The van der Waals surface area contributed by atoms with Crippen molar-refractivity contribution in [1.82, 2.24) is 59.9 Å². The van der Waals surface area contributed by atoms with Crippen molar-refractivity contribution in [3.8, 4) is 0 Å². The van der Waals surface area contributed by atoms with Gasteiger partial charge in [0, 0.05) is 91.0 Å². The van der Waals surface area contributed by atoms with Crippen LogP contribution in [0.25, 0.3) is 10.4 Å². The molecule has 3 saturated carbocycles. The summed E-state index contributed by atoms with van der Waals surface area (Å²) in [5, 5.41) is 29.4. The summed E-state index contributed by atoms with van der Waals surface area (Å²) in [5.41, 5.74) is 13.8. The number of fused-ring (bicyclic) bond motifs is 3. The molecule has 6 unspecified atom stereocenters. The van der Waals surface area contributed by atoms with Crippen molar-refractivity contribution in [2.24, 2.45) is 40.6 Å². The van der Waals surface area contributed by atoms with Crippen molar-refractivity contribution in [3.63, 3.8) is 0 Å². The zero-order chi connectivity index (χ0) is 43.8. The minimum Gasteiger partial charge on any atom is -0.543 e. The van der Waals surface area contributed by atoms with Crippen LogP contribution in [0.4, 0.5) is 17.8 Å². The van der Waals surface area contributed by atoms with Crippen LogP contribution in [0, 0.1) is 56.3 Å². The Balaban J connectivity index is 0.000000132. The van der Waals surface area contributed by atoms with Gasteiger partial charge in [0.15, 0.2) is 5.69 Å². The van der Waals surface area contributed by atoms with E-state index in [1.807, 2.05) is 27.0 Å². The van der Waals surface area contributed by atoms with Crippen molar-refractivity contribution in [1.29, 1.82) is 0 Å². The fourth-order valence-corrected chi connectivity index (χ4v) is 8.65. The second-order valence-corrected chi connectivity index (χ2v) is 17.3. The molecule has 8 heterocycles. The standard InChI is InChI=1S/C16H20N6O2.C14H16N6O2.C11H14N6.Li/c1-3-24-15(23)14-9-22(20-19-14)8-13-5-17-16(18-10(13)2)21-6-11-4-12(11)7-21;1-8-11(6-20-7-12(13(21)22)17-18-20)3-15-14(16-8)19-4-9-2-10(9)5-19;1-7-10(4-14-16-12)3-13-11(15-7)17-5-8-2-9(8)6-17;/h5,9,11-12H,3-4,6-8H2,1-2H3;3,7,9-10H,2,4-6H2,1H3,(H,21,22);3,8-9H,2,4-6H2,1H3;/q;;;+1/p-1. The van der Waals surface area contributed by atoms with Gasteiger partial charge < -0.3 is 29.3 Å². The zero-order valence-corrected chi connectivity index (χ0v) is 36.7. The third-order valence-corrected chi connectivity index (χ3v) is 12.7. The smallest absolute Gasteiger partial charge is 0.543 e. The average molecular weight is 865 g/mol. The van der Waals surface area contributed by atoms with Crippen molar-refractivity contribution >= 4 is 29.8 Å². The fourth-order valence-electron chi connectivity index (χ4n) is 8.65. The summed E-state index contributed by atoms with van der Waals surface area (Å²) in [6.45, 7) is 15.6. The van der Waals surface area contributed by atoms with Crippen molar-refractivity contribution in [2.45, 2.75) is 66.6 Å². The maximum atomic E-state index is 11.6. The molecule has 5 aromatic rings. The number of carboxylic acid groups (broad SMARTS) is 1. The molecule has 22 nitrogen and oxygen atoms in total. The van der Waals surface area contributed by atoms with Gasteiger partial charge in [0.25, 0.3) is 0 Å². The van der Waals surface area contributed by atoms with Gasteiger partial charge in [-0.3, -0.25) is 0 Å². The molecule has 6 aliphatic rings. The molecule has 328 valence electrons. The number of carbonyl (C=O) groups is 2. The van der Waals surface area contributed by atoms with E-state index in [2.05, 4.69) is 75.3 Å². The number of hydrogen-bond donors (Lipinski definition) is 0. The summed E-state index contributed by atoms with van der Waals surface area (Å²) < 4.78 is 7.96. The molecule has 0 amide bonds. The first-order chi connectivity index (χ1) is 30.5. The molecule has 6 fully saturated rings. The first kappa shape index (κ1) is 44.4. The molecule has 23 heteroatoms. The van der Waals surface area contributed by atoms with E-state index in [-0.39, 0.29) is 30.2 Å². The summed E-state index contributed by atoms with van der Waals surface area (Å²) in [5.74, 6) is 5.75. The number of azide groups is 1.